The lowest BCUT2D eigenvalue weighted by Crippen LogP contribution is -2.05. The normalized spacial score (nSPS) is 11.3. The monoisotopic (exact) mass is 380 g/mol. The molecule has 0 saturated heterocycles. The van der Waals surface area contributed by atoms with Crippen LogP contribution in [-0.2, 0) is 6.18 Å². The molecule has 0 aliphatic carbocycles. The third-order valence-corrected chi connectivity index (χ3v) is 3.52. The van der Waals surface area contributed by atoms with Crippen LogP contribution in [0.3, 0.4) is 0 Å². The van der Waals surface area contributed by atoms with E-state index in [9.17, 15) is 22.0 Å². The first-order valence-electron chi connectivity index (χ1n) is 7.73. The third-order valence-electron chi connectivity index (χ3n) is 3.52. The van der Waals surface area contributed by atoms with Crippen molar-refractivity contribution >= 4 is 23.1 Å². The summed E-state index contributed by atoms with van der Waals surface area (Å²) in [5.74, 6) is -1.17. The molecule has 0 aliphatic heterocycles. The quantitative estimate of drug-likeness (QED) is 0.581. The minimum atomic E-state index is -4.42. The van der Waals surface area contributed by atoms with Gasteiger partial charge in [-0.25, -0.2) is 13.8 Å². The summed E-state index contributed by atoms with van der Waals surface area (Å²) in [7, 11) is 0. The Kier molecular flexibility index (Phi) is 4.93. The number of aryl methyl sites for hydroxylation is 1. The Hall–Kier alpha value is -3.23. The van der Waals surface area contributed by atoms with Crippen molar-refractivity contribution in [2.24, 2.45) is 0 Å². The highest BCUT2D eigenvalue weighted by atomic mass is 19.4. The van der Waals surface area contributed by atoms with E-state index >= 15 is 0 Å². The van der Waals surface area contributed by atoms with Gasteiger partial charge < -0.3 is 10.6 Å². The molecule has 4 nitrogen and oxygen atoms in total. The second-order valence-electron chi connectivity index (χ2n) is 5.67. The fraction of sp³-hybridized carbons (Fsp3) is 0.111. The molecule has 2 aromatic carbocycles. The lowest BCUT2D eigenvalue weighted by Gasteiger charge is -2.11. The first-order chi connectivity index (χ1) is 12.7. The Morgan fingerprint density at radius 3 is 2.19 bits per heavy atom. The van der Waals surface area contributed by atoms with Crippen LogP contribution >= 0.6 is 0 Å². The summed E-state index contributed by atoms with van der Waals surface area (Å²) in [5, 5.41) is 5.50. The maximum atomic E-state index is 13.8. The van der Waals surface area contributed by atoms with Crippen molar-refractivity contribution < 1.29 is 22.0 Å². The van der Waals surface area contributed by atoms with E-state index in [2.05, 4.69) is 20.6 Å². The van der Waals surface area contributed by atoms with Crippen LogP contribution in [0.5, 0.6) is 0 Å². The summed E-state index contributed by atoms with van der Waals surface area (Å²) >= 11 is 0. The summed E-state index contributed by atoms with van der Waals surface area (Å²) in [6.07, 6.45) is -4.42. The van der Waals surface area contributed by atoms with Gasteiger partial charge in [0.2, 0.25) is 5.95 Å². The Morgan fingerprint density at radius 2 is 1.56 bits per heavy atom. The molecule has 1 heterocycles. The average molecular weight is 380 g/mol. The van der Waals surface area contributed by atoms with Gasteiger partial charge in [0.15, 0.2) is 0 Å². The number of halogens is 5. The molecule has 0 fully saturated rings. The maximum absolute atomic E-state index is 13.8. The predicted octanol–water partition coefficient (Wildman–Crippen LogP) is 5.57. The molecule has 140 valence electrons. The number of nitrogens with one attached hydrogen (secondary N) is 2. The molecular formula is C18H13F5N4. The van der Waals surface area contributed by atoms with Gasteiger partial charge in [-0.1, -0.05) is 0 Å². The molecule has 0 atom stereocenters. The molecular weight excluding hydrogens is 367 g/mol. The molecule has 0 unspecified atom stereocenters. The smallest absolute Gasteiger partial charge is 0.340 e. The Balaban J connectivity index is 1.81. The third kappa shape index (κ3) is 4.69. The van der Waals surface area contributed by atoms with Crippen LogP contribution in [0.1, 0.15) is 11.3 Å². The Bertz CT molecular complexity index is 955. The number of hydrogen-bond acceptors (Lipinski definition) is 4. The van der Waals surface area contributed by atoms with E-state index < -0.39 is 23.4 Å². The number of alkyl halides is 3. The molecule has 2 N–H and O–H groups in total. The molecule has 3 aromatic rings. The van der Waals surface area contributed by atoms with Gasteiger partial charge in [0.05, 0.1) is 11.3 Å². The molecule has 0 aliphatic rings. The highest BCUT2D eigenvalue weighted by molar-refractivity contribution is 5.60. The molecule has 0 radical (unpaired) electrons. The molecule has 0 bridgehead atoms. The van der Waals surface area contributed by atoms with Crippen LogP contribution in [0.15, 0.2) is 48.5 Å². The summed E-state index contributed by atoms with van der Waals surface area (Å²) in [4.78, 5) is 8.25. The van der Waals surface area contributed by atoms with E-state index in [0.29, 0.717) is 17.2 Å². The molecule has 3 rings (SSSR count). The van der Waals surface area contributed by atoms with E-state index in [-0.39, 0.29) is 11.6 Å². The van der Waals surface area contributed by atoms with Gasteiger partial charge in [-0.15, -0.1) is 0 Å². The van der Waals surface area contributed by atoms with Gasteiger partial charge in [-0.05, 0) is 43.3 Å². The highest BCUT2D eigenvalue weighted by Crippen LogP contribution is 2.30. The molecule has 0 amide bonds. The number of rotatable bonds is 4. The lowest BCUT2D eigenvalue weighted by molar-refractivity contribution is -0.137. The van der Waals surface area contributed by atoms with Crippen LogP contribution in [0.25, 0.3) is 0 Å². The second kappa shape index (κ2) is 7.18. The summed E-state index contributed by atoms with van der Waals surface area (Å²) in [6.45, 7) is 1.67. The summed E-state index contributed by atoms with van der Waals surface area (Å²) < 4.78 is 64.6. The number of aromatic nitrogens is 2. The van der Waals surface area contributed by atoms with Gasteiger partial charge in [0, 0.05) is 23.5 Å². The van der Waals surface area contributed by atoms with Crippen LogP contribution < -0.4 is 10.6 Å². The molecule has 1 aromatic heterocycles. The van der Waals surface area contributed by atoms with Crippen molar-refractivity contribution in [3.05, 3.63) is 71.4 Å². The minimum Gasteiger partial charge on any atom is -0.340 e. The lowest BCUT2D eigenvalue weighted by atomic mass is 10.2. The summed E-state index contributed by atoms with van der Waals surface area (Å²) in [5.41, 5.74) is 0.146. The standard InChI is InChI=1S/C18H13F5N4/c1-10-8-16(25-13-5-2-11(3-6-13)18(21,22)23)27-17(24-10)26-15-7-4-12(19)9-14(15)20/h2-9H,1H3,(H2,24,25,26,27). The van der Waals surface area contributed by atoms with Gasteiger partial charge >= 0.3 is 6.18 Å². The number of benzene rings is 2. The van der Waals surface area contributed by atoms with Crippen molar-refractivity contribution in [3.8, 4) is 0 Å². The first-order valence-corrected chi connectivity index (χ1v) is 7.73. The molecule has 9 heteroatoms. The second-order valence-corrected chi connectivity index (χ2v) is 5.67. The number of nitrogens with zero attached hydrogens (tertiary/aromatic N) is 2. The van der Waals surface area contributed by atoms with E-state index in [4.69, 9.17) is 0 Å². The predicted molar refractivity (Wildman–Crippen MR) is 91.1 cm³/mol. The number of hydrogen-bond donors (Lipinski definition) is 2. The van der Waals surface area contributed by atoms with Gasteiger partial charge in [0.25, 0.3) is 0 Å². The van der Waals surface area contributed by atoms with Crippen molar-refractivity contribution in [2.45, 2.75) is 13.1 Å². The molecule has 27 heavy (non-hydrogen) atoms. The first kappa shape index (κ1) is 18.6. The van der Waals surface area contributed by atoms with Gasteiger partial charge in [0.1, 0.15) is 17.5 Å². The van der Waals surface area contributed by atoms with Crippen LogP contribution in [-0.4, -0.2) is 9.97 Å². The zero-order chi connectivity index (χ0) is 19.6. The zero-order valence-corrected chi connectivity index (χ0v) is 13.9. The fourth-order valence-electron chi connectivity index (χ4n) is 2.29. The molecule has 0 spiro atoms. The Labute approximate surface area is 151 Å². The van der Waals surface area contributed by atoms with E-state index in [1.54, 1.807) is 13.0 Å². The Morgan fingerprint density at radius 1 is 0.852 bits per heavy atom. The van der Waals surface area contributed by atoms with Crippen LogP contribution in [0.4, 0.5) is 45.1 Å². The van der Waals surface area contributed by atoms with Gasteiger partial charge in [-0.2, -0.15) is 18.2 Å². The molecule has 0 saturated carbocycles. The minimum absolute atomic E-state index is 0.0116. The SMILES string of the molecule is Cc1cc(Nc2ccc(C(F)(F)F)cc2)nc(Nc2ccc(F)cc2F)n1. The van der Waals surface area contributed by atoms with Gasteiger partial charge in [-0.3, -0.25) is 0 Å². The number of anilines is 4. The summed E-state index contributed by atoms with van der Waals surface area (Å²) in [6, 6.07) is 9.03. The van der Waals surface area contributed by atoms with E-state index in [0.717, 1.165) is 24.3 Å². The fourth-order valence-corrected chi connectivity index (χ4v) is 2.29. The van der Waals surface area contributed by atoms with Crippen LogP contribution in [0.2, 0.25) is 0 Å². The van der Waals surface area contributed by atoms with E-state index in [1.807, 2.05) is 0 Å². The zero-order valence-electron chi connectivity index (χ0n) is 13.9. The highest BCUT2D eigenvalue weighted by Gasteiger charge is 2.29. The van der Waals surface area contributed by atoms with Crippen LogP contribution in [0, 0.1) is 18.6 Å². The van der Waals surface area contributed by atoms with Crippen molar-refractivity contribution in [2.75, 3.05) is 10.6 Å². The maximum Gasteiger partial charge on any atom is 0.416 e. The van der Waals surface area contributed by atoms with E-state index in [1.165, 1.54) is 18.2 Å². The average Bonchev–Trinajstić information content (AvgIpc) is 2.57. The van der Waals surface area contributed by atoms with Crippen molar-refractivity contribution in [3.63, 3.8) is 0 Å². The largest absolute Gasteiger partial charge is 0.416 e. The van der Waals surface area contributed by atoms with Crippen molar-refractivity contribution in [1.29, 1.82) is 0 Å². The topological polar surface area (TPSA) is 49.8 Å². The van der Waals surface area contributed by atoms with Crippen molar-refractivity contribution in [1.82, 2.24) is 9.97 Å².